The van der Waals surface area contributed by atoms with E-state index in [0.717, 1.165) is 25.1 Å². The zero-order valence-corrected chi connectivity index (χ0v) is 13.2. The molecule has 0 spiro atoms. The Morgan fingerprint density at radius 2 is 2.14 bits per heavy atom. The Kier molecular flexibility index (Phi) is 5.23. The molecule has 0 bridgehead atoms. The van der Waals surface area contributed by atoms with Crippen LogP contribution >= 0.6 is 0 Å². The number of nitrogens with zero attached hydrogens (tertiary/aromatic N) is 1. The van der Waals surface area contributed by atoms with Gasteiger partial charge < -0.3 is 15.4 Å². The van der Waals surface area contributed by atoms with Crippen LogP contribution < -0.4 is 10.5 Å². The van der Waals surface area contributed by atoms with E-state index in [2.05, 4.69) is 19.9 Å². The molecule has 1 aliphatic rings. The van der Waals surface area contributed by atoms with E-state index in [1.165, 1.54) is 5.56 Å². The fourth-order valence-corrected chi connectivity index (χ4v) is 2.67. The maximum absolute atomic E-state index is 12.4. The Labute approximate surface area is 127 Å². The molecule has 1 aromatic rings. The minimum Gasteiger partial charge on any atom is -0.481 e. The summed E-state index contributed by atoms with van der Waals surface area (Å²) in [6.07, 6.45) is 1.50. The Morgan fingerprint density at radius 3 is 2.81 bits per heavy atom. The summed E-state index contributed by atoms with van der Waals surface area (Å²) >= 11 is 0. The van der Waals surface area contributed by atoms with Crippen molar-refractivity contribution in [2.24, 2.45) is 5.73 Å². The van der Waals surface area contributed by atoms with Gasteiger partial charge in [-0.15, -0.1) is 0 Å². The average molecular weight is 290 g/mol. The first-order chi connectivity index (χ1) is 9.97. The summed E-state index contributed by atoms with van der Waals surface area (Å²) in [4.78, 5) is 14.2. The van der Waals surface area contributed by atoms with E-state index in [4.69, 9.17) is 10.5 Å². The van der Waals surface area contributed by atoms with Crippen LogP contribution in [0.2, 0.25) is 0 Å². The monoisotopic (exact) mass is 290 g/mol. The second-order valence-electron chi connectivity index (χ2n) is 6.17. The molecule has 0 aliphatic carbocycles. The van der Waals surface area contributed by atoms with Crippen molar-refractivity contribution in [2.75, 3.05) is 13.1 Å². The number of piperidine rings is 1. The van der Waals surface area contributed by atoms with E-state index in [-0.39, 0.29) is 11.9 Å². The summed E-state index contributed by atoms with van der Waals surface area (Å²) in [6.45, 7) is 7.51. The van der Waals surface area contributed by atoms with Crippen LogP contribution in [0.3, 0.4) is 0 Å². The molecule has 4 nitrogen and oxygen atoms in total. The molecule has 0 aromatic heterocycles. The van der Waals surface area contributed by atoms with Gasteiger partial charge in [0.2, 0.25) is 0 Å². The van der Waals surface area contributed by atoms with Gasteiger partial charge in [0.05, 0.1) is 0 Å². The molecule has 2 unspecified atom stereocenters. The molecule has 116 valence electrons. The Bertz CT molecular complexity index is 487. The van der Waals surface area contributed by atoms with Crippen molar-refractivity contribution in [1.82, 2.24) is 4.90 Å². The quantitative estimate of drug-likeness (QED) is 0.927. The zero-order chi connectivity index (χ0) is 15.4. The molecular formula is C17H26N2O2. The van der Waals surface area contributed by atoms with Crippen molar-refractivity contribution in [3.63, 3.8) is 0 Å². The lowest BCUT2D eigenvalue weighted by Crippen LogP contribution is -2.49. The van der Waals surface area contributed by atoms with Crippen LogP contribution in [0, 0.1) is 0 Å². The SMILES string of the molecule is CC(Oc1cccc(C(C)C)c1)C(=O)N1CCCC(N)C1. The van der Waals surface area contributed by atoms with E-state index in [0.29, 0.717) is 12.5 Å². The number of amides is 1. The lowest BCUT2D eigenvalue weighted by Gasteiger charge is -2.32. The average Bonchev–Trinajstić information content (AvgIpc) is 2.46. The summed E-state index contributed by atoms with van der Waals surface area (Å²) in [5, 5.41) is 0. The molecular weight excluding hydrogens is 264 g/mol. The standard InChI is InChI=1S/C17H26N2O2/c1-12(2)14-6-4-8-16(10-14)21-13(3)17(20)19-9-5-7-15(18)11-19/h4,6,8,10,12-13,15H,5,7,9,11,18H2,1-3H3. The van der Waals surface area contributed by atoms with Gasteiger partial charge in [-0.3, -0.25) is 4.79 Å². The second-order valence-corrected chi connectivity index (χ2v) is 6.17. The first-order valence-corrected chi connectivity index (χ1v) is 7.78. The molecule has 1 aromatic carbocycles. The summed E-state index contributed by atoms with van der Waals surface area (Å²) < 4.78 is 5.82. The normalized spacial score (nSPS) is 20.4. The third-order valence-corrected chi connectivity index (χ3v) is 3.95. The van der Waals surface area contributed by atoms with Crippen molar-refractivity contribution in [3.8, 4) is 5.75 Å². The van der Waals surface area contributed by atoms with Gasteiger partial charge in [-0.1, -0.05) is 26.0 Å². The largest absolute Gasteiger partial charge is 0.481 e. The predicted molar refractivity (Wildman–Crippen MR) is 84.4 cm³/mol. The third-order valence-electron chi connectivity index (χ3n) is 3.95. The second kappa shape index (κ2) is 6.94. The first kappa shape index (κ1) is 15.8. The van der Waals surface area contributed by atoms with Crippen LogP contribution in [0.15, 0.2) is 24.3 Å². The molecule has 0 radical (unpaired) electrons. The highest BCUT2D eigenvalue weighted by Crippen LogP contribution is 2.21. The molecule has 1 aliphatic heterocycles. The van der Waals surface area contributed by atoms with E-state index >= 15 is 0 Å². The number of hydrogen-bond donors (Lipinski definition) is 1. The number of nitrogens with two attached hydrogens (primary N) is 1. The highest BCUT2D eigenvalue weighted by atomic mass is 16.5. The number of likely N-dealkylation sites (tertiary alicyclic amines) is 1. The van der Waals surface area contributed by atoms with Crippen molar-refractivity contribution >= 4 is 5.91 Å². The summed E-state index contributed by atoms with van der Waals surface area (Å²) in [5.74, 6) is 1.23. The fourth-order valence-electron chi connectivity index (χ4n) is 2.67. The van der Waals surface area contributed by atoms with E-state index in [1.807, 2.05) is 30.0 Å². The maximum Gasteiger partial charge on any atom is 0.263 e. The summed E-state index contributed by atoms with van der Waals surface area (Å²) in [7, 11) is 0. The Hall–Kier alpha value is -1.55. The highest BCUT2D eigenvalue weighted by molar-refractivity contribution is 5.81. The van der Waals surface area contributed by atoms with Gasteiger partial charge in [0.25, 0.3) is 5.91 Å². The zero-order valence-electron chi connectivity index (χ0n) is 13.2. The molecule has 1 fully saturated rings. The minimum absolute atomic E-state index is 0.0279. The van der Waals surface area contributed by atoms with Gasteiger partial charge in [-0.25, -0.2) is 0 Å². The molecule has 21 heavy (non-hydrogen) atoms. The van der Waals surface area contributed by atoms with Crippen LogP contribution in [0.25, 0.3) is 0 Å². The van der Waals surface area contributed by atoms with Gasteiger partial charge in [0.15, 0.2) is 6.10 Å². The smallest absolute Gasteiger partial charge is 0.263 e. The molecule has 2 atom stereocenters. The van der Waals surface area contributed by atoms with Gasteiger partial charge in [-0.05, 0) is 43.4 Å². The van der Waals surface area contributed by atoms with Gasteiger partial charge in [0.1, 0.15) is 5.75 Å². The first-order valence-electron chi connectivity index (χ1n) is 7.78. The third kappa shape index (κ3) is 4.21. The molecule has 1 heterocycles. The van der Waals surface area contributed by atoms with Crippen molar-refractivity contribution in [1.29, 1.82) is 0 Å². The van der Waals surface area contributed by atoms with E-state index in [9.17, 15) is 4.79 Å². The van der Waals surface area contributed by atoms with Crippen LogP contribution in [0.4, 0.5) is 0 Å². The molecule has 1 amide bonds. The topological polar surface area (TPSA) is 55.6 Å². The predicted octanol–water partition coefficient (Wildman–Crippen LogP) is 2.53. The number of rotatable bonds is 4. The van der Waals surface area contributed by atoms with Crippen molar-refractivity contribution < 1.29 is 9.53 Å². The maximum atomic E-state index is 12.4. The Balaban J connectivity index is 1.98. The van der Waals surface area contributed by atoms with Gasteiger partial charge in [-0.2, -0.15) is 0 Å². The van der Waals surface area contributed by atoms with Crippen LogP contribution in [-0.4, -0.2) is 36.0 Å². The van der Waals surface area contributed by atoms with Crippen LogP contribution in [0.5, 0.6) is 5.75 Å². The molecule has 2 rings (SSSR count). The van der Waals surface area contributed by atoms with Crippen LogP contribution in [-0.2, 0) is 4.79 Å². The number of benzene rings is 1. The number of carbonyl (C=O) groups excluding carboxylic acids is 1. The van der Waals surface area contributed by atoms with Gasteiger partial charge >= 0.3 is 0 Å². The molecule has 2 N–H and O–H groups in total. The molecule has 4 heteroatoms. The number of hydrogen-bond acceptors (Lipinski definition) is 3. The fraction of sp³-hybridized carbons (Fsp3) is 0.588. The number of ether oxygens (including phenoxy) is 1. The molecule has 1 saturated heterocycles. The van der Waals surface area contributed by atoms with E-state index in [1.54, 1.807) is 0 Å². The summed E-state index contributed by atoms with van der Waals surface area (Å²) in [6, 6.07) is 8.06. The Morgan fingerprint density at radius 1 is 1.38 bits per heavy atom. The van der Waals surface area contributed by atoms with E-state index < -0.39 is 6.10 Å². The van der Waals surface area contributed by atoms with Crippen LogP contribution in [0.1, 0.15) is 45.1 Å². The van der Waals surface area contributed by atoms with Crippen molar-refractivity contribution in [2.45, 2.75) is 51.7 Å². The lowest BCUT2D eigenvalue weighted by molar-refractivity contribution is -0.139. The lowest BCUT2D eigenvalue weighted by atomic mass is 10.0. The van der Waals surface area contributed by atoms with Crippen molar-refractivity contribution in [3.05, 3.63) is 29.8 Å². The number of carbonyl (C=O) groups is 1. The molecule has 0 saturated carbocycles. The minimum atomic E-state index is -0.474. The highest BCUT2D eigenvalue weighted by Gasteiger charge is 2.26. The van der Waals surface area contributed by atoms with Gasteiger partial charge in [0, 0.05) is 19.1 Å². The summed E-state index contributed by atoms with van der Waals surface area (Å²) in [5.41, 5.74) is 7.15.